The minimum absolute atomic E-state index is 0.200. The first-order valence-corrected chi connectivity index (χ1v) is 6.31. The number of nitrogens with zero attached hydrogens (tertiary/aromatic N) is 2. The highest BCUT2D eigenvalue weighted by Gasteiger charge is 2.17. The lowest BCUT2D eigenvalue weighted by Crippen LogP contribution is -2.33. The SMILES string of the molecule is Cn1cc(SCc2ccc(F)cc2B(O)O)cn1. The molecule has 0 saturated carbocycles. The van der Waals surface area contributed by atoms with Gasteiger partial charge in [-0.25, -0.2) is 4.39 Å². The molecule has 0 amide bonds. The second-order valence-corrected chi connectivity index (χ2v) is 4.90. The van der Waals surface area contributed by atoms with Crippen molar-refractivity contribution in [3.63, 3.8) is 0 Å². The van der Waals surface area contributed by atoms with Crippen molar-refractivity contribution in [2.45, 2.75) is 10.6 Å². The molecule has 0 spiro atoms. The van der Waals surface area contributed by atoms with E-state index in [-0.39, 0.29) is 5.46 Å². The number of halogens is 1. The molecule has 0 aliphatic carbocycles. The Morgan fingerprint density at radius 1 is 1.44 bits per heavy atom. The molecule has 0 aliphatic rings. The van der Waals surface area contributed by atoms with E-state index in [4.69, 9.17) is 0 Å². The van der Waals surface area contributed by atoms with E-state index in [0.29, 0.717) is 11.3 Å². The summed E-state index contributed by atoms with van der Waals surface area (Å²) in [7, 11) is 0.162. The van der Waals surface area contributed by atoms with Gasteiger partial charge in [0.1, 0.15) is 5.82 Å². The molecule has 2 rings (SSSR count). The van der Waals surface area contributed by atoms with Gasteiger partial charge in [-0.05, 0) is 23.2 Å². The van der Waals surface area contributed by atoms with Gasteiger partial charge in [0, 0.05) is 23.9 Å². The Hall–Kier alpha value is -1.31. The number of hydrogen-bond acceptors (Lipinski definition) is 4. The summed E-state index contributed by atoms with van der Waals surface area (Å²) in [6, 6.07) is 4.02. The fourth-order valence-electron chi connectivity index (χ4n) is 1.57. The second kappa shape index (κ2) is 5.56. The van der Waals surface area contributed by atoms with Gasteiger partial charge in [-0.15, -0.1) is 11.8 Å². The Labute approximate surface area is 109 Å². The third-order valence-electron chi connectivity index (χ3n) is 2.46. The average Bonchev–Trinajstić information content (AvgIpc) is 2.73. The van der Waals surface area contributed by atoms with Crippen molar-refractivity contribution in [1.29, 1.82) is 0 Å². The predicted octanol–water partition coefficient (Wildman–Crippen LogP) is 0.531. The Kier molecular flexibility index (Phi) is 4.06. The number of benzene rings is 1. The van der Waals surface area contributed by atoms with Crippen molar-refractivity contribution < 1.29 is 14.4 Å². The number of rotatable bonds is 4. The molecule has 2 aromatic rings. The van der Waals surface area contributed by atoms with Crippen LogP contribution in [0.3, 0.4) is 0 Å². The van der Waals surface area contributed by atoms with Crippen molar-refractivity contribution in [3.8, 4) is 0 Å². The van der Waals surface area contributed by atoms with E-state index < -0.39 is 12.9 Å². The molecule has 0 fully saturated rings. The molecule has 2 N–H and O–H groups in total. The van der Waals surface area contributed by atoms with E-state index in [2.05, 4.69) is 5.10 Å². The van der Waals surface area contributed by atoms with Gasteiger partial charge in [0.05, 0.1) is 6.20 Å². The van der Waals surface area contributed by atoms with Gasteiger partial charge in [-0.2, -0.15) is 5.10 Å². The summed E-state index contributed by atoms with van der Waals surface area (Å²) in [5, 5.41) is 22.4. The highest BCUT2D eigenvalue weighted by molar-refractivity contribution is 7.98. The van der Waals surface area contributed by atoms with Crippen LogP contribution in [0.4, 0.5) is 4.39 Å². The van der Waals surface area contributed by atoms with E-state index in [9.17, 15) is 14.4 Å². The van der Waals surface area contributed by atoms with Crippen LogP contribution in [-0.4, -0.2) is 26.9 Å². The smallest absolute Gasteiger partial charge is 0.423 e. The van der Waals surface area contributed by atoms with Crippen LogP contribution in [-0.2, 0) is 12.8 Å². The van der Waals surface area contributed by atoms with Crippen LogP contribution in [0.25, 0.3) is 0 Å². The van der Waals surface area contributed by atoms with Crippen molar-refractivity contribution in [2.24, 2.45) is 7.05 Å². The van der Waals surface area contributed by atoms with E-state index >= 15 is 0 Å². The molecule has 0 unspecified atom stereocenters. The minimum atomic E-state index is -1.66. The van der Waals surface area contributed by atoms with Crippen LogP contribution >= 0.6 is 11.8 Å². The van der Waals surface area contributed by atoms with Crippen LogP contribution in [0.2, 0.25) is 0 Å². The molecular formula is C11H12BFN2O2S. The van der Waals surface area contributed by atoms with Crippen LogP contribution < -0.4 is 5.46 Å². The minimum Gasteiger partial charge on any atom is -0.423 e. The first kappa shape index (κ1) is 13.1. The zero-order valence-electron chi connectivity index (χ0n) is 9.75. The summed E-state index contributed by atoms with van der Waals surface area (Å²) in [6.07, 6.45) is 3.59. The highest BCUT2D eigenvalue weighted by Crippen LogP contribution is 2.21. The average molecular weight is 266 g/mol. The largest absolute Gasteiger partial charge is 0.488 e. The van der Waals surface area contributed by atoms with Crippen molar-refractivity contribution in [3.05, 3.63) is 42.0 Å². The van der Waals surface area contributed by atoms with Gasteiger partial charge in [0.2, 0.25) is 0 Å². The third-order valence-corrected chi connectivity index (χ3v) is 3.46. The highest BCUT2D eigenvalue weighted by atomic mass is 32.2. The number of hydrogen-bond donors (Lipinski definition) is 2. The maximum Gasteiger partial charge on any atom is 0.488 e. The molecule has 1 heterocycles. The van der Waals surface area contributed by atoms with Gasteiger partial charge in [0.25, 0.3) is 0 Å². The molecule has 0 saturated heterocycles. The summed E-state index contributed by atoms with van der Waals surface area (Å²) in [4.78, 5) is 0.972. The molecule has 94 valence electrons. The third kappa shape index (κ3) is 3.13. The van der Waals surface area contributed by atoms with Crippen molar-refractivity contribution in [1.82, 2.24) is 9.78 Å². The van der Waals surface area contributed by atoms with Gasteiger partial charge in [0.15, 0.2) is 0 Å². The zero-order chi connectivity index (χ0) is 13.1. The van der Waals surface area contributed by atoms with Crippen molar-refractivity contribution >= 4 is 24.3 Å². The van der Waals surface area contributed by atoms with Gasteiger partial charge in [-0.1, -0.05) is 6.07 Å². The first-order valence-electron chi connectivity index (χ1n) is 5.32. The standard InChI is InChI=1S/C11H12BFN2O2S/c1-15-6-10(5-14-15)18-7-8-2-3-9(13)4-11(8)12(16)17/h2-6,16-17H,7H2,1H3. The summed E-state index contributed by atoms with van der Waals surface area (Å²) in [5.41, 5.74) is 0.895. The lowest BCUT2D eigenvalue weighted by atomic mass is 9.77. The fraction of sp³-hybridized carbons (Fsp3) is 0.182. The van der Waals surface area contributed by atoms with Gasteiger partial charge >= 0.3 is 7.12 Å². The lowest BCUT2D eigenvalue weighted by molar-refractivity contribution is 0.425. The Morgan fingerprint density at radius 2 is 2.22 bits per heavy atom. The number of thioether (sulfide) groups is 1. The second-order valence-electron chi connectivity index (χ2n) is 3.86. The van der Waals surface area contributed by atoms with E-state index in [1.165, 1.54) is 17.8 Å². The molecule has 1 aromatic heterocycles. The Bertz CT molecular complexity index is 548. The maximum atomic E-state index is 13.0. The number of aromatic nitrogens is 2. The summed E-state index contributed by atoms with van der Waals surface area (Å²) >= 11 is 1.50. The quantitative estimate of drug-likeness (QED) is 0.626. The Morgan fingerprint density at radius 3 is 2.83 bits per heavy atom. The summed E-state index contributed by atoms with van der Waals surface area (Å²) < 4.78 is 14.7. The van der Waals surface area contributed by atoms with E-state index in [1.807, 2.05) is 13.2 Å². The van der Waals surface area contributed by atoms with Crippen LogP contribution in [0.1, 0.15) is 5.56 Å². The van der Waals surface area contributed by atoms with Crippen LogP contribution in [0.15, 0.2) is 35.5 Å². The molecule has 0 radical (unpaired) electrons. The molecular weight excluding hydrogens is 254 g/mol. The maximum absolute atomic E-state index is 13.0. The van der Waals surface area contributed by atoms with Gasteiger partial charge in [-0.3, -0.25) is 4.68 Å². The molecule has 18 heavy (non-hydrogen) atoms. The zero-order valence-corrected chi connectivity index (χ0v) is 10.6. The van der Waals surface area contributed by atoms with Gasteiger partial charge < -0.3 is 10.0 Å². The summed E-state index contributed by atoms with van der Waals surface area (Å²) in [5.74, 6) is 0.0482. The van der Waals surface area contributed by atoms with Crippen LogP contribution in [0, 0.1) is 5.82 Å². The molecule has 0 atom stereocenters. The Balaban J connectivity index is 2.13. The van der Waals surface area contributed by atoms with Crippen LogP contribution in [0.5, 0.6) is 0 Å². The number of aryl methyl sites for hydroxylation is 1. The lowest BCUT2D eigenvalue weighted by Gasteiger charge is -2.08. The van der Waals surface area contributed by atoms with E-state index in [0.717, 1.165) is 11.0 Å². The molecule has 1 aromatic carbocycles. The monoisotopic (exact) mass is 266 g/mol. The van der Waals surface area contributed by atoms with E-state index in [1.54, 1.807) is 16.9 Å². The topological polar surface area (TPSA) is 58.3 Å². The predicted molar refractivity (Wildman–Crippen MR) is 69.0 cm³/mol. The molecule has 0 bridgehead atoms. The summed E-state index contributed by atoms with van der Waals surface area (Å²) in [6.45, 7) is 0. The normalized spacial score (nSPS) is 10.7. The molecule has 4 nitrogen and oxygen atoms in total. The fourth-order valence-corrected chi connectivity index (χ4v) is 2.51. The molecule has 0 aliphatic heterocycles. The first-order chi connectivity index (χ1) is 8.56. The van der Waals surface area contributed by atoms with Crippen molar-refractivity contribution in [2.75, 3.05) is 0 Å². The molecule has 7 heteroatoms.